The third-order valence-corrected chi connectivity index (χ3v) is 4.45. The topological polar surface area (TPSA) is 35.5 Å². The van der Waals surface area contributed by atoms with Crippen molar-refractivity contribution in [2.75, 3.05) is 13.2 Å². The van der Waals surface area contributed by atoms with E-state index in [4.69, 9.17) is 21.1 Å². The standard InChI is InChI=1S/C16H19ClO3/c1-16(5-2-3-6-20-16)14(18)10-12-9-13(17)8-11-4-7-19-15(11)12/h8-9H,2-7,10H2,1H3. The third kappa shape index (κ3) is 2.57. The summed E-state index contributed by atoms with van der Waals surface area (Å²) >= 11 is 6.13. The first-order valence-corrected chi connectivity index (χ1v) is 7.58. The zero-order valence-corrected chi connectivity index (χ0v) is 12.5. The zero-order chi connectivity index (χ0) is 14.2. The van der Waals surface area contributed by atoms with Crippen LogP contribution >= 0.6 is 11.6 Å². The largest absolute Gasteiger partial charge is 0.493 e. The summed E-state index contributed by atoms with van der Waals surface area (Å²) in [5.74, 6) is 0.972. The van der Waals surface area contributed by atoms with Gasteiger partial charge in [-0.25, -0.2) is 0 Å². The van der Waals surface area contributed by atoms with Crippen LogP contribution in [0.2, 0.25) is 5.02 Å². The van der Waals surface area contributed by atoms with Gasteiger partial charge < -0.3 is 9.47 Å². The van der Waals surface area contributed by atoms with Gasteiger partial charge in [-0.3, -0.25) is 4.79 Å². The lowest BCUT2D eigenvalue weighted by atomic mass is 9.87. The molecular formula is C16H19ClO3. The normalized spacial score (nSPS) is 25.1. The van der Waals surface area contributed by atoms with Crippen LogP contribution in [0.3, 0.4) is 0 Å². The molecule has 2 aliphatic rings. The van der Waals surface area contributed by atoms with E-state index in [9.17, 15) is 4.79 Å². The Morgan fingerprint density at radius 3 is 2.95 bits per heavy atom. The lowest BCUT2D eigenvalue weighted by molar-refractivity contribution is -0.147. The molecule has 1 saturated heterocycles. The second kappa shape index (κ2) is 5.38. The summed E-state index contributed by atoms with van der Waals surface area (Å²) in [6.45, 7) is 3.25. The minimum absolute atomic E-state index is 0.122. The van der Waals surface area contributed by atoms with E-state index in [2.05, 4.69) is 0 Å². The number of halogens is 1. The van der Waals surface area contributed by atoms with Gasteiger partial charge in [0.2, 0.25) is 0 Å². The quantitative estimate of drug-likeness (QED) is 0.857. The van der Waals surface area contributed by atoms with Gasteiger partial charge in [0.15, 0.2) is 5.78 Å². The number of Topliss-reactive ketones (excluding diaryl/α,β-unsaturated/α-hetero) is 1. The van der Waals surface area contributed by atoms with Crippen molar-refractivity contribution in [1.29, 1.82) is 0 Å². The van der Waals surface area contributed by atoms with Crippen LogP contribution in [0.1, 0.15) is 37.3 Å². The fraction of sp³-hybridized carbons (Fsp3) is 0.562. The minimum Gasteiger partial charge on any atom is -0.493 e. The second-order valence-electron chi connectivity index (χ2n) is 5.79. The highest BCUT2D eigenvalue weighted by molar-refractivity contribution is 6.30. The van der Waals surface area contributed by atoms with Gasteiger partial charge in [-0.2, -0.15) is 0 Å². The summed E-state index contributed by atoms with van der Waals surface area (Å²) < 4.78 is 11.4. The van der Waals surface area contributed by atoms with Crippen LogP contribution in [-0.2, 0) is 22.4 Å². The van der Waals surface area contributed by atoms with Crippen molar-refractivity contribution in [3.8, 4) is 5.75 Å². The molecule has 0 saturated carbocycles. The number of carbonyl (C=O) groups excluding carboxylic acids is 1. The molecule has 3 rings (SSSR count). The summed E-state index contributed by atoms with van der Waals surface area (Å²) in [7, 11) is 0. The van der Waals surface area contributed by atoms with Crippen LogP contribution in [0.4, 0.5) is 0 Å². The molecule has 20 heavy (non-hydrogen) atoms. The van der Waals surface area contributed by atoms with Crippen molar-refractivity contribution in [3.05, 3.63) is 28.3 Å². The zero-order valence-electron chi connectivity index (χ0n) is 11.7. The maximum atomic E-state index is 12.6. The molecule has 1 unspecified atom stereocenters. The van der Waals surface area contributed by atoms with Gasteiger partial charge in [-0.1, -0.05) is 11.6 Å². The van der Waals surface area contributed by atoms with Crippen LogP contribution in [0, 0.1) is 0 Å². The number of hydrogen-bond acceptors (Lipinski definition) is 3. The molecule has 1 fully saturated rings. The lowest BCUT2D eigenvalue weighted by Gasteiger charge is -2.32. The molecule has 0 aromatic heterocycles. The van der Waals surface area contributed by atoms with E-state index in [0.29, 0.717) is 24.7 Å². The van der Waals surface area contributed by atoms with Crippen molar-refractivity contribution in [2.45, 2.75) is 44.6 Å². The first-order valence-electron chi connectivity index (χ1n) is 7.20. The monoisotopic (exact) mass is 294 g/mol. The van der Waals surface area contributed by atoms with Crippen molar-refractivity contribution >= 4 is 17.4 Å². The predicted molar refractivity (Wildman–Crippen MR) is 77.6 cm³/mol. The highest BCUT2D eigenvalue weighted by Gasteiger charge is 2.36. The summed E-state index contributed by atoms with van der Waals surface area (Å²) in [5, 5.41) is 0.673. The average molecular weight is 295 g/mol. The molecule has 3 nitrogen and oxygen atoms in total. The van der Waals surface area contributed by atoms with E-state index in [0.717, 1.165) is 42.6 Å². The van der Waals surface area contributed by atoms with Crippen LogP contribution in [0.15, 0.2) is 12.1 Å². The van der Waals surface area contributed by atoms with Gasteiger partial charge in [0, 0.05) is 30.0 Å². The van der Waals surface area contributed by atoms with Crippen LogP contribution in [0.25, 0.3) is 0 Å². The van der Waals surface area contributed by atoms with Gasteiger partial charge in [-0.15, -0.1) is 0 Å². The molecule has 1 aromatic rings. The van der Waals surface area contributed by atoms with Gasteiger partial charge in [0.1, 0.15) is 11.4 Å². The minimum atomic E-state index is -0.647. The highest BCUT2D eigenvalue weighted by Crippen LogP contribution is 2.35. The molecule has 0 bridgehead atoms. The predicted octanol–water partition coefficient (Wildman–Crippen LogP) is 3.35. The Bertz CT molecular complexity index is 533. The number of rotatable bonds is 3. The van der Waals surface area contributed by atoms with Gasteiger partial charge in [-0.05, 0) is 43.9 Å². The Labute approximate surface area is 124 Å². The number of ketones is 1. The van der Waals surface area contributed by atoms with Crippen molar-refractivity contribution in [1.82, 2.24) is 0 Å². The first kappa shape index (κ1) is 13.9. The van der Waals surface area contributed by atoms with Crippen LogP contribution in [-0.4, -0.2) is 24.6 Å². The smallest absolute Gasteiger partial charge is 0.168 e. The van der Waals surface area contributed by atoms with Crippen molar-refractivity contribution in [3.63, 3.8) is 0 Å². The maximum absolute atomic E-state index is 12.6. The fourth-order valence-electron chi connectivity index (χ4n) is 2.99. The van der Waals surface area contributed by atoms with E-state index in [1.54, 1.807) is 0 Å². The number of carbonyl (C=O) groups is 1. The summed E-state index contributed by atoms with van der Waals surface area (Å²) in [6, 6.07) is 3.77. The molecule has 0 spiro atoms. The number of hydrogen-bond donors (Lipinski definition) is 0. The van der Waals surface area contributed by atoms with Gasteiger partial charge in [0.25, 0.3) is 0 Å². The van der Waals surface area contributed by atoms with E-state index in [1.807, 2.05) is 19.1 Å². The van der Waals surface area contributed by atoms with Crippen LogP contribution in [0.5, 0.6) is 5.75 Å². The summed E-state index contributed by atoms with van der Waals surface area (Å²) in [5.41, 5.74) is 1.35. The maximum Gasteiger partial charge on any atom is 0.168 e. The van der Waals surface area contributed by atoms with E-state index < -0.39 is 5.60 Å². The average Bonchev–Trinajstić information content (AvgIpc) is 2.87. The molecule has 4 heteroatoms. The Hall–Kier alpha value is -1.06. The molecule has 0 aliphatic carbocycles. The van der Waals surface area contributed by atoms with Crippen molar-refractivity contribution < 1.29 is 14.3 Å². The van der Waals surface area contributed by atoms with E-state index >= 15 is 0 Å². The van der Waals surface area contributed by atoms with Crippen LogP contribution < -0.4 is 4.74 Å². The highest BCUT2D eigenvalue weighted by atomic mass is 35.5. The summed E-state index contributed by atoms with van der Waals surface area (Å²) in [4.78, 5) is 12.6. The second-order valence-corrected chi connectivity index (χ2v) is 6.22. The lowest BCUT2D eigenvalue weighted by Crippen LogP contribution is -2.42. The molecule has 0 radical (unpaired) electrons. The van der Waals surface area contributed by atoms with Gasteiger partial charge in [0.05, 0.1) is 6.61 Å². The number of benzene rings is 1. The Balaban J connectivity index is 1.83. The molecule has 108 valence electrons. The third-order valence-electron chi connectivity index (χ3n) is 4.23. The van der Waals surface area contributed by atoms with E-state index in [1.165, 1.54) is 0 Å². The fourth-order valence-corrected chi connectivity index (χ4v) is 3.25. The first-order chi connectivity index (χ1) is 9.58. The van der Waals surface area contributed by atoms with Gasteiger partial charge >= 0.3 is 0 Å². The molecule has 2 heterocycles. The molecule has 1 aromatic carbocycles. The SMILES string of the molecule is CC1(C(=O)Cc2cc(Cl)cc3c2OCC3)CCCCO1. The number of fused-ring (bicyclic) bond motifs is 1. The molecule has 0 amide bonds. The summed E-state index contributed by atoms with van der Waals surface area (Å²) in [6.07, 6.45) is 4.09. The Morgan fingerprint density at radius 1 is 1.35 bits per heavy atom. The Kier molecular flexibility index (Phi) is 3.74. The molecular weight excluding hydrogens is 276 g/mol. The van der Waals surface area contributed by atoms with Crippen molar-refractivity contribution in [2.24, 2.45) is 0 Å². The molecule has 2 aliphatic heterocycles. The molecule has 1 atom stereocenters. The van der Waals surface area contributed by atoms with E-state index in [-0.39, 0.29) is 5.78 Å². The Morgan fingerprint density at radius 2 is 2.20 bits per heavy atom. The molecule has 0 N–H and O–H groups in total. The number of ether oxygens (including phenoxy) is 2.